The molecule has 88 valence electrons. The highest BCUT2D eigenvalue weighted by Crippen LogP contribution is 2.41. The molecule has 2 atom stereocenters. The van der Waals surface area contributed by atoms with Gasteiger partial charge < -0.3 is 10.4 Å². The molecule has 2 unspecified atom stereocenters. The molecule has 2 N–H and O–H groups in total. The van der Waals surface area contributed by atoms with Crippen molar-refractivity contribution in [3.8, 4) is 0 Å². The Balaban J connectivity index is 2.31. The number of anilines is 1. The van der Waals surface area contributed by atoms with E-state index in [2.05, 4.69) is 38.2 Å². The summed E-state index contributed by atoms with van der Waals surface area (Å²) >= 11 is 1.90. The first-order valence-electron chi connectivity index (χ1n) is 5.77. The van der Waals surface area contributed by atoms with E-state index in [1.165, 1.54) is 21.7 Å². The Hall–Kier alpha value is -0.670. The summed E-state index contributed by atoms with van der Waals surface area (Å²) in [6, 6.07) is 4.85. The molecule has 1 aromatic carbocycles. The molecule has 0 amide bonds. The highest BCUT2D eigenvalue weighted by molar-refractivity contribution is 8.00. The smallest absolute Gasteiger partial charge is 0.0486 e. The fourth-order valence-corrected chi connectivity index (χ4v) is 3.53. The van der Waals surface area contributed by atoms with Crippen LogP contribution < -0.4 is 5.32 Å². The van der Waals surface area contributed by atoms with E-state index in [0.717, 1.165) is 6.42 Å². The van der Waals surface area contributed by atoms with Crippen molar-refractivity contribution in [2.45, 2.75) is 43.4 Å². The van der Waals surface area contributed by atoms with Gasteiger partial charge in [0, 0.05) is 28.5 Å². The average molecular weight is 237 g/mol. The lowest BCUT2D eigenvalue weighted by Crippen LogP contribution is -2.32. The molecule has 0 saturated carbocycles. The molecule has 0 bridgehead atoms. The molecule has 16 heavy (non-hydrogen) atoms. The Labute approximate surface area is 101 Å². The van der Waals surface area contributed by atoms with E-state index in [-0.39, 0.29) is 6.61 Å². The van der Waals surface area contributed by atoms with Crippen molar-refractivity contribution in [2.75, 3.05) is 11.9 Å². The fourth-order valence-electron chi connectivity index (χ4n) is 2.25. The molecule has 1 aromatic rings. The number of hydrogen-bond donors (Lipinski definition) is 2. The van der Waals surface area contributed by atoms with Crippen molar-refractivity contribution in [1.82, 2.24) is 0 Å². The molecule has 0 spiro atoms. The second-order valence-corrected chi connectivity index (χ2v) is 5.81. The molecule has 1 heterocycles. The van der Waals surface area contributed by atoms with Crippen LogP contribution in [0, 0.1) is 13.8 Å². The third kappa shape index (κ3) is 2.20. The van der Waals surface area contributed by atoms with Gasteiger partial charge in [0.2, 0.25) is 0 Å². The molecule has 0 aliphatic carbocycles. The van der Waals surface area contributed by atoms with E-state index in [9.17, 15) is 0 Å². The zero-order chi connectivity index (χ0) is 11.7. The van der Waals surface area contributed by atoms with Gasteiger partial charge in [0.15, 0.2) is 0 Å². The Morgan fingerprint density at radius 2 is 2.12 bits per heavy atom. The van der Waals surface area contributed by atoms with Gasteiger partial charge in [-0.15, -0.1) is 11.8 Å². The molecule has 2 nitrogen and oxygen atoms in total. The van der Waals surface area contributed by atoms with E-state index in [1.54, 1.807) is 0 Å². The number of hydrogen-bond acceptors (Lipinski definition) is 3. The van der Waals surface area contributed by atoms with Crippen LogP contribution >= 0.6 is 11.8 Å². The number of aliphatic hydroxyl groups excluding tert-OH is 1. The third-order valence-electron chi connectivity index (χ3n) is 3.04. The Kier molecular flexibility index (Phi) is 3.45. The Bertz CT molecular complexity index is 392. The van der Waals surface area contributed by atoms with Gasteiger partial charge in [0.05, 0.1) is 0 Å². The minimum absolute atomic E-state index is 0.268. The summed E-state index contributed by atoms with van der Waals surface area (Å²) in [5.41, 5.74) is 3.89. The van der Waals surface area contributed by atoms with Gasteiger partial charge in [0.25, 0.3) is 0 Å². The van der Waals surface area contributed by atoms with Crippen molar-refractivity contribution in [2.24, 2.45) is 0 Å². The van der Waals surface area contributed by atoms with Crippen LogP contribution in [0.3, 0.4) is 0 Å². The van der Waals surface area contributed by atoms with Crippen molar-refractivity contribution in [1.29, 1.82) is 0 Å². The normalized spacial score (nSPS) is 23.8. The highest BCUT2D eigenvalue weighted by atomic mass is 32.2. The van der Waals surface area contributed by atoms with Crippen molar-refractivity contribution in [3.63, 3.8) is 0 Å². The molecule has 2 rings (SSSR count). The van der Waals surface area contributed by atoms with E-state index < -0.39 is 0 Å². The Morgan fingerprint density at radius 1 is 1.38 bits per heavy atom. The van der Waals surface area contributed by atoms with Crippen LogP contribution in [0.2, 0.25) is 0 Å². The fraction of sp³-hybridized carbons (Fsp3) is 0.538. The molecule has 1 aliphatic heterocycles. The number of benzene rings is 1. The van der Waals surface area contributed by atoms with Crippen LogP contribution in [0.15, 0.2) is 17.0 Å². The number of aryl methyl sites for hydroxylation is 2. The van der Waals surface area contributed by atoms with Crippen molar-refractivity contribution in [3.05, 3.63) is 23.3 Å². The van der Waals surface area contributed by atoms with Gasteiger partial charge in [-0.3, -0.25) is 0 Å². The lowest BCUT2D eigenvalue weighted by molar-refractivity contribution is 0.284. The summed E-state index contributed by atoms with van der Waals surface area (Å²) in [7, 11) is 0. The maximum atomic E-state index is 9.06. The van der Waals surface area contributed by atoms with Crippen LogP contribution in [0.25, 0.3) is 0 Å². The first-order chi connectivity index (χ1) is 7.61. The molecule has 3 heteroatoms. The number of fused-ring (bicyclic) bond motifs is 1. The molecule has 1 aliphatic rings. The van der Waals surface area contributed by atoms with E-state index >= 15 is 0 Å². The summed E-state index contributed by atoms with van der Waals surface area (Å²) in [6.45, 7) is 6.74. The van der Waals surface area contributed by atoms with Crippen LogP contribution in [-0.2, 0) is 0 Å². The lowest BCUT2D eigenvalue weighted by Gasteiger charge is -2.32. The van der Waals surface area contributed by atoms with Gasteiger partial charge in [-0.1, -0.05) is 6.07 Å². The van der Waals surface area contributed by atoms with E-state index in [0.29, 0.717) is 11.3 Å². The minimum atomic E-state index is 0.268. The maximum absolute atomic E-state index is 9.06. The zero-order valence-electron chi connectivity index (χ0n) is 10.1. The molecule has 0 fully saturated rings. The molecule has 0 saturated heterocycles. The van der Waals surface area contributed by atoms with Crippen LogP contribution in [-0.4, -0.2) is 23.0 Å². The number of nitrogens with one attached hydrogen (secondary N) is 1. The first kappa shape index (κ1) is 11.8. The second-order valence-electron chi connectivity index (χ2n) is 4.56. The van der Waals surface area contributed by atoms with E-state index in [4.69, 9.17) is 5.11 Å². The lowest BCUT2D eigenvalue weighted by atomic mass is 10.1. The predicted octanol–water partition coefficient (Wildman–Crippen LogP) is 2.96. The minimum Gasteiger partial charge on any atom is -0.396 e. The van der Waals surface area contributed by atoms with Crippen LogP contribution in [0.4, 0.5) is 5.69 Å². The summed E-state index contributed by atoms with van der Waals surface area (Å²) in [4.78, 5) is 1.35. The van der Waals surface area contributed by atoms with Crippen molar-refractivity contribution >= 4 is 17.4 Å². The van der Waals surface area contributed by atoms with Gasteiger partial charge in [-0.2, -0.15) is 0 Å². The predicted molar refractivity (Wildman–Crippen MR) is 70.3 cm³/mol. The topological polar surface area (TPSA) is 32.3 Å². The van der Waals surface area contributed by atoms with E-state index in [1.807, 2.05) is 11.8 Å². The Morgan fingerprint density at radius 3 is 2.81 bits per heavy atom. The number of rotatable bonds is 2. The number of aliphatic hydroxyl groups is 1. The summed E-state index contributed by atoms with van der Waals surface area (Å²) in [5, 5.41) is 13.1. The van der Waals surface area contributed by atoms with Crippen LogP contribution in [0.5, 0.6) is 0 Å². The summed E-state index contributed by atoms with van der Waals surface area (Å²) in [6.07, 6.45) is 0.853. The largest absolute Gasteiger partial charge is 0.396 e. The standard InChI is InChI=1S/C13H19NOS/c1-8-6-9(2)13-11(7-8)14-10(3)12(16-13)4-5-15/h6-7,10,12,14-15H,4-5H2,1-3H3. The SMILES string of the molecule is Cc1cc(C)c2c(c1)NC(C)C(CCO)S2. The molecular formula is C13H19NOS. The van der Waals surface area contributed by atoms with Gasteiger partial charge in [-0.25, -0.2) is 0 Å². The summed E-state index contributed by atoms with van der Waals surface area (Å²) < 4.78 is 0. The number of thioether (sulfide) groups is 1. The zero-order valence-corrected chi connectivity index (χ0v) is 10.9. The molecule has 0 aromatic heterocycles. The van der Waals surface area contributed by atoms with Gasteiger partial charge in [0.1, 0.15) is 0 Å². The quantitative estimate of drug-likeness (QED) is 0.829. The average Bonchev–Trinajstić information content (AvgIpc) is 2.20. The van der Waals surface area contributed by atoms with Crippen molar-refractivity contribution < 1.29 is 5.11 Å². The highest BCUT2D eigenvalue weighted by Gasteiger charge is 2.26. The molecule has 0 radical (unpaired) electrons. The monoisotopic (exact) mass is 237 g/mol. The maximum Gasteiger partial charge on any atom is 0.0486 e. The first-order valence-corrected chi connectivity index (χ1v) is 6.65. The van der Waals surface area contributed by atoms with Crippen LogP contribution in [0.1, 0.15) is 24.5 Å². The second kappa shape index (κ2) is 4.68. The third-order valence-corrected chi connectivity index (χ3v) is 4.77. The van der Waals surface area contributed by atoms with Gasteiger partial charge in [-0.05, 0) is 44.4 Å². The summed E-state index contributed by atoms with van der Waals surface area (Å²) in [5.74, 6) is 0. The molecular weight excluding hydrogens is 218 g/mol. The van der Waals surface area contributed by atoms with Gasteiger partial charge >= 0.3 is 0 Å².